The molecule has 12 heteroatoms. The second-order valence-corrected chi connectivity index (χ2v) is 3.99. The number of aliphatic hydroxyl groups is 1. The molecule has 0 aliphatic carbocycles. The van der Waals surface area contributed by atoms with Gasteiger partial charge in [-0.3, -0.25) is 0 Å². The monoisotopic (exact) mass is 328 g/mol. The normalized spacial score (nSPS) is 17.2. The standard InChI is InChI=1S/C8H7F11O/c1-3(20)2-4(9,10)6(12,13)5(11,7(14,15)16)8(17,18)19/h3,20H,2H2,1H3. The highest BCUT2D eigenvalue weighted by atomic mass is 19.4. The van der Waals surface area contributed by atoms with Crippen LogP contribution in [0.4, 0.5) is 48.3 Å². The van der Waals surface area contributed by atoms with E-state index >= 15 is 0 Å². The Labute approximate surface area is 104 Å². The summed E-state index contributed by atoms with van der Waals surface area (Å²) in [5.41, 5.74) is -7.45. The van der Waals surface area contributed by atoms with Crippen molar-refractivity contribution >= 4 is 0 Å². The van der Waals surface area contributed by atoms with E-state index in [1.54, 1.807) is 0 Å². The molecule has 0 aromatic carbocycles. The lowest BCUT2D eigenvalue weighted by atomic mass is 9.88. The van der Waals surface area contributed by atoms with Crippen LogP contribution >= 0.6 is 0 Å². The Hall–Kier alpha value is -0.810. The van der Waals surface area contributed by atoms with Gasteiger partial charge in [-0.25, -0.2) is 4.39 Å². The van der Waals surface area contributed by atoms with Crippen LogP contribution in [-0.4, -0.2) is 41.1 Å². The summed E-state index contributed by atoms with van der Waals surface area (Å²) in [5.74, 6) is -13.2. The van der Waals surface area contributed by atoms with E-state index in [-0.39, 0.29) is 0 Å². The van der Waals surface area contributed by atoms with Crippen molar-refractivity contribution < 1.29 is 53.4 Å². The third kappa shape index (κ3) is 2.79. The number of rotatable bonds is 4. The molecule has 1 nitrogen and oxygen atoms in total. The number of alkyl halides is 11. The van der Waals surface area contributed by atoms with Gasteiger partial charge in [0, 0.05) is 6.42 Å². The minimum absolute atomic E-state index is 0.408. The van der Waals surface area contributed by atoms with Gasteiger partial charge in [-0.2, -0.15) is 43.9 Å². The molecule has 0 radical (unpaired) electrons. The molecule has 1 N–H and O–H groups in total. The van der Waals surface area contributed by atoms with Crippen LogP contribution < -0.4 is 0 Å². The summed E-state index contributed by atoms with van der Waals surface area (Å²) >= 11 is 0. The maximum Gasteiger partial charge on any atom is 0.438 e. The van der Waals surface area contributed by atoms with Gasteiger partial charge in [0.25, 0.3) is 0 Å². The summed E-state index contributed by atoms with van der Waals surface area (Å²) in [6, 6.07) is 0. The van der Waals surface area contributed by atoms with E-state index in [4.69, 9.17) is 5.11 Å². The molecule has 0 aromatic rings. The topological polar surface area (TPSA) is 20.2 Å². The molecule has 122 valence electrons. The summed E-state index contributed by atoms with van der Waals surface area (Å²) < 4.78 is 136. The zero-order chi connectivity index (χ0) is 16.8. The van der Waals surface area contributed by atoms with Crippen molar-refractivity contribution in [1.82, 2.24) is 0 Å². The molecule has 1 unspecified atom stereocenters. The SMILES string of the molecule is CC(O)CC(F)(F)C(F)(F)C(F)(C(F)(F)F)C(F)(F)F. The van der Waals surface area contributed by atoms with Gasteiger partial charge in [-0.05, 0) is 6.92 Å². The zero-order valence-electron chi connectivity index (χ0n) is 9.39. The second-order valence-electron chi connectivity index (χ2n) is 3.99. The fraction of sp³-hybridized carbons (Fsp3) is 1.00. The van der Waals surface area contributed by atoms with Gasteiger partial charge in [0.05, 0.1) is 6.10 Å². The number of aliphatic hydroxyl groups excluding tert-OH is 1. The van der Waals surface area contributed by atoms with E-state index in [9.17, 15) is 48.3 Å². The first kappa shape index (κ1) is 19.2. The third-order valence-electron chi connectivity index (χ3n) is 2.23. The fourth-order valence-electron chi connectivity index (χ4n) is 1.27. The van der Waals surface area contributed by atoms with E-state index in [0.29, 0.717) is 6.92 Å². The summed E-state index contributed by atoms with van der Waals surface area (Å²) in [6.45, 7) is 0.408. The van der Waals surface area contributed by atoms with Crippen LogP contribution in [0.1, 0.15) is 13.3 Å². The first-order chi connectivity index (χ1) is 8.42. The second kappa shape index (κ2) is 4.88. The molecule has 0 aromatic heterocycles. The highest BCUT2D eigenvalue weighted by Gasteiger charge is 2.89. The lowest BCUT2D eigenvalue weighted by molar-refractivity contribution is -0.427. The quantitative estimate of drug-likeness (QED) is 0.777. The van der Waals surface area contributed by atoms with Gasteiger partial charge >= 0.3 is 29.9 Å². The average molecular weight is 328 g/mol. The van der Waals surface area contributed by atoms with Gasteiger partial charge in [0.1, 0.15) is 0 Å². The first-order valence-corrected chi connectivity index (χ1v) is 4.68. The third-order valence-corrected chi connectivity index (χ3v) is 2.23. The minimum Gasteiger partial charge on any atom is -0.393 e. The smallest absolute Gasteiger partial charge is 0.393 e. The van der Waals surface area contributed by atoms with Gasteiger partial charge < -0.3 is 5.11 Å². The van der Waals surface area contributed by atoms with Crippen molar-refractivity contribution in [2.45, 2.75) is 49.3 Å². The van der Waals surface area contributed by atoms with Gasteiger partial charge in [0.15, 0.2) is 0 Å². The van der Waals surface area contributed by atoms with Crippen molar-refractivity contribution in [2.24, 2.45) is 0 Å². The maximum atomic E-state index is 13.0. The van der Waals surface area contributed by atoms with E-state index < -0.39 is 42.4 Å². The summed E-state index contributed by atoms with van der Waals surface area (Å²) in [6.07, 6.45) is -19.5. The number of hydrogen-bond donors (Lipinski definition) is 1. The molecule has 0 aliphatic rings. The summed E-state index contributed by atoms with van der Waals surface area (Å²) in [7, 11) is 0. The Kier molecular flexibility index (Phi) is 4.68. The van der Waals surface area contributed by atoms with E-state index in [0.717, 1.165) is 0 Å². The van der Waals surface area contributed by atoms with Gasteiger partial charge in [-0.15, -0.1) is 0 Å². The number of halogens is 11. The molecule has 0 amide bonds. The largest absolute Gasteiger partial charge is 0.438 e. The van der Waals surface area contributed by atoms with Crippen molar-refractivity contribution in [3.63, 3.8) is 0 Å². The van der Waals surface area contributed by atoms with Crippen molar-refractivity contribution in [3.05, 3.63) is 0 Å². The van der Waals surface area contributed by atoms with Crippen LogP contribution in [0, 0.1) is 0 Å². The highest BCUT2D eigenvalue weighted by Crippen LogP contribution is 2.59. The molecular weight excluding hydrogens is 321 g/mol. The summed E-state index contributed by atoms with van der Waals surface area (Å²) in [5, 5.41) is 8.42. The van der Waals surface area contributed by atoms with Crippen LogP contribution in [0.15, 0.2) is 0 Å². The van der Waals surface area contributed by atoms with E-state index in [1.165, 1.54) is 0 Å². The molecule has 0 spiro atoms. The predicted molar refractivity (Wildman–Crippen MR) is 42.1 cm³/mol. The van der Waals surface area contributed by atoms with Crippen LogP contribution in [0.5, 0.6) is 0 Å². The van der Waals surface area contributed by atoms with Crippen LogP contribution in [0.25, 0.3) is 0 Å². The lowest BCUT2D eigenvalue weighted by Gasteiger charge is -2.39. The van der Waals surface area contributed by atoms with E-state index in [2.05, 4.69) is 0 Å². The Balaban J connectivity index is 6.08. The lowest BCUT2D eigenvalue weighted by Crippen LogP contribution is -2.70. The predicted octanol–water partition coefficient (Wildman–Crippen LogP) is 3.86. The Bertz CT molecular complexity index is 325. The molecule has 0 fully saturated rings. The molecule has 0 aliphatic heterocycles. The molecular formula is C8H7F11O. The Morgan fingerprint density at radius 1 is 0.750 bits per heavy atom. The number of hydrogen-bond acceptors (Lipinski definition) is 1. The van der Waals surface area contributed by atoms with Gasteiger partial charge in [0.2, 0.25) is 0 Å². The Morgan fingerprint density at radius 3 is 1.25 bits per heavy atom. The molecule has 0 bridgehead atoms. The molecule has 0 saturated carbocycles. The maximum absolute atomic E-state index is 13.0. The molecule has 0 heterocycles. The summed E-state index contributed by atoms with van der Waals surface area (Å²) in [4.78, 5) is 0. The van der Waals surface area contributed by atoms with Gasteiger partial charge in [-0.1, -0.05) is 0 Å². The van der Waals surface area contributed by atoms with Crippen LogP contribution in [0.2, 0.25) is 0 Å². The zero-order valence-corrected chi connectivity index (χ0v) is 9.39. The minimum atomic E-state index is -7.45. The Morgan fingerprint density at radius 2 is 1.05 bits per heavy atom. The molecule has 0 saturated heterocycles. The molecule has 20 heavy (non-hydrogen) atoms. The van der Waals surface area contributed by atoms with Crippen LogP contribution in [-0.2, 0) is 0 Å². The first-order valence-electron chi connectivity index (χ1n) is 4.68. The van der Waals surface area contributed by atoms with Crippen molar-refractivity contribution in [3.8, 4) is 0 Å². The average Bonchev–Trinajstić information content (AvgIpc) is 2.09. The molecule has 0 rings (SSSR count). The van der Waals surface area contributed by atoms with E-state index in [1.807, 2.05) is 0 Å². The molecule has 1 atom stereocenters. The van der Waals surface area contributed by atoms with Crippen molar-refractivity contribution in [1.29, 1.82) is 0 Å². The van der Waals surface area contributed by atoms with Crippen LogP contribution in [0.3, 0.4) is 0 Å². The fourth-order valence-corrected chi connectivity index (χ4v) is 1.27. The highest BCUT2D eigenvalue weighted by molar-refractivity contribution is 5.11. The van der Waals surface area contributed by atoms with Crippen molar-refractivity contribution in [2.75, 3.05) is 0 Å².